The molecule has 1 aromatic heterocycles. The third-order valence-corrected chi connectivity index (χ3v) is 4.07. The Kier molecular flexibility index (Phi) is 4.14. The molecule has 106 valence electrons. The Balaban J connectivity index is 1.70. The minimum Gasteiger partial charge on any atom is -0.395 e. The molecule has 4 heteroatoms. The quantitative estimate of drug-likeness (QED) is 0.903. The maximum Gasteiger partial charge on any atom is 0.0951 e. The van der Waals surface area contributed by atoms with Crippen LogP contribution in [0.2, 0.25) is 0 Å². The van der Waals surface area contributed by atoms with Gasteiger partial charge < -0.3 is 9.67 Å². The molecule has 1 aromatic carbocycles. The van der Waals surface area contributed by atoms with E-state index in [4.69, 9.17) is 0 Å². The number of aliphatic hydroxyl groups excluding tert-OH is 1. The van der Waals surface area contributed by atoms with Crippen LogP contribution < -0.4 is 0 Å². The van der Waals surface area contributed by atoms with E-state index in [1.54, 1.807) is 0 Å². The van der Waals surface area contributed by atoms with Crippen LogP contribution >= 0.6 is 0 Å². The number of likely N-dealkylation sites (tertiary alicyclic amines) is 1. The number of benzene rings is 1. The van der Waals surface area contributed by atoms with Crippen molar-refractivity contribution in [1.29, 1.82) is 0 Å². The predicted octanol–water partition coefficient (Wildman–Crippen LogP) is 1.89. The molecule has 0 bridgehead atoms. The normalized spacial score (nSPS) is 19.6. The minimum atomic E-state index is 0.257. The molecule has 1 aliphatic rings. The fraction of sp³-hybridized carbons (Fsp3) is 0.438. The van der Waals surface area contributed by atoms with E-state index in [2.05, 4.69) is 38.7 Å². The van der Waals surface area contributed by atoms with Gasteiger partial charge in [0.15, 0.2) is 0 Å². The molecule has 1 N–H and O–H groups in total. The van der Waals surface area contributed by atoms with Gasteiger partial charge >= 0.3 is 0 Å². The summed E-state index contributed by atoms with van der Waals surface area (Å²) in [6.45, 7) is 3.06. The van der Waals surface area contributed by atoms with Gasteiger partial charge in [0.2, 0.25) is 0 Å². The molecule has 1 atom stereocenters. The van der Waals surface area contributed by atoms with Crippen molar-refractivity contribution in [3.63, 3.8) is 0 Å². The molecule has 1 saturated heterocycles. The second-order valence-corrected chi connectivity index (χ2v) is 5.45. The third-order valence-electron chi connectivity index (χ3n) is 4.07. The minimum absolute atomic E-state index is 0.257. The van der Waals surface area contributed by atoms with E-state index in [0.717, 1.165) is 26.1 Å². The first-order valence-electron chi connectivity index (χ1n) is 7.24. The monoisotopic (exact) mass is 271 g/mol. The maximum absolute atomic E-state index is 9.41. The van der Waals surface area contributed by atoms with Crippen LogP contribution in [0.5, 0.6) is 0 Å². The lowest BCUT2D eigenvalue weighted by molar-refractivity contribution is 0.151. The summed E-state index contributed by atoms with van der Waals surface area (Å²) in [6, 6.07) is 10.7. The lowest BCUT2D eigenvalue weighted by atomic mass is 10.2. The first-order chi connectivity index (χ1) is 9.86. The molecule has 20 heavy (non-hydrogen) atoms. The lowest BCUT2D eigenvalue weighted by Gasteiger charge is -2.23. The number of rotatable bonds is 5. The maximum atomic E-state index is 9.41. The van der Waals surface area contributed by atoms with Crippen molar-refractivity contribution in [2.24, 2.45) is 0 Å². The molecular weight excluding hydrogens is 250 g/mol. The van der Waals surface area contributed by atoms with E-state index >= 15 is 0 Å². The molecular formula is C16H21N3O. The number of hydrogen-bond acceptors (Lipinski definition) is 3. The number of hydrogen-bond donors (Lipinski definition) is 1. The van der Waals surface area contributed by atoms with E-state index in [1.165, 1.54) is 17.7 Å². The lowest BCUT2D eigenvalue weighted by Crippen LogP contribution is -2.32. The Morgan fingerprint density at radius 2 is 2.05 bits per heavy atom. The Morgan fingerprint density at radius 1 is 1.20 bits per heavy atom. The molecule has 1 aliphatic heterocycles. The Bertz CT molecular complexity index is 538. The first-order valence-corrected chi connectivity index (χ1v) is 7.24. The van der Waals surface area contributed by atoms with Crippen molar-refractivity contribution in [1.82, 2.24) is 14.5 Å². The molecule has 0 saturated carbocycles. The van der Waals surface area contributed by atoms with E-state index in [9.17, 15) is 5.11 Å². The Morgan fingerprint density at radius 3 is 2.85 bits per heavy atom. The van der Waals surface area contributed by atoms with Gasteiger partial charge in [-0.05, 0) is 24.9 Å². The van der Waals surface area contributed by atoms with Crippen molar-refractivity contribution in [3.8, 4) is 0 Å². The molecule has 0 unspecified atom stereocenters. The molecule has 2 heterocycles. The fourth-order valence-corrected chi connectivity index (χ4v) is 2.92. The van der Waals surface area contributed by atoms with E-state index in [-0.39, 0.29) is 6.61 Å². The summed E-state index contributed by atoms with van der Waals surface area (Å²) in [5, 5.41) is 9.41. The number of aliphatic hydroxyl groups is 1. The molecule has 0 amide bonds. The highest BCUT2D eigenvalue weighted by atomic mass is 16.3. The summed E-state index contributed by atoms with van der Waals surface area (Å²) in [5.74, 6) is 0. The number of imidazole rings is 1. The molecule has 3 rings (SSSR count). The highest BCUT2D eigenvalue weighted by Gasteiger charge is 2.24. The average molecular weight is 271 g/mol. The zero-order valence-corrected chi connectivity index (χ0v) is 11.7. The molecule has 0 spiro atoms. The van der Waals surface area contributed by atoms with Gasteiger partial charge in [-0.1, -0.05) is 30.3 Å². The van der Waals surface area contributed by atoms with Crippen LogP contribution in [0.4, 0.5) is 0 Å². The largest absolute Gasteiger partial charge is 0.395 e. The molecule has 4 nitrogen and oxygen atoms in total. The molecule has 0 radical (unpaired) electrons. The smallest absolute Gasteiger partial charge is 0.0951 e. The van der Waals surface area contributed by atoms with Crippen LogP contribution in [-0.4, -0.2) is 38.8 Å². The zero-order valence-electron chi connectivity index (χ0n) is 11.7. The van der Waals surface area contributed by atoms with E-state index < -0.39 is 0 Å². The van der Waals surface area contributed by atoms with Gasteiger partial charge in [0.25, 0.3) is 0 Å². The predicted molar refractivity (Wildman–Crippen MR) is 78.3 cm³/mol. The SMILES string of the molecule is OC[C@H]1CCCN1Cc1cncn1Cc1ccccc1. The van der Waals surface area contributed by atoms with E-state index in [1.807, 2.05) is 18.6 Å². The van der Waals surface area contributed by atoms with E-state index in [0.29, 0.717) is 6.04 Å². The fourth-order valence-electron chi connectivity index (χ4n) is 2.92. The first kappa shape index (κ1) is 13.3. The summed E-state index contributed by atoms with van der Waals surface area (Å²) >= 11 is 0. The van der Waals surface area contributed by atoms with Crippen molar-refractivity contribution < 1.29 is 5.11 Å². The Hall–Kier alpha value is -1.65. The van der Waals surface area contributed by atoms with Crippen LogP contribution in [0, 0.1) is 0 Å². The molecule has 0 aliphatic carbocycles. The van der Waals surface area contributed by atoms with Crippen LogP contribution in [0.3, 0.4) is 0 Å². The topological polar surface area (TPSA) is 41.3 Å². The highest BCUT2D eigenvalue weighted by molar-refractivity contribution is 5.16. The van der Waals surface area contributed by atoms with Crippen molar-refractivity contribution >= 4 is 0 Å². The summed E-state index contributed by atoms with van der Waals surface area (Å²) in [5.41, 5.74) is 2.50. The highest BCUT2D eigenvalue weighted by Crippen LogP contribution is 2.19. The molecule has 2 aromatic rings. The van der Waals surface area contributed by atoms with Gasteiger partial charge in [-0.2, -0.15) is 0 Å². The summed E-state index contributed by atoms with van der Waals surface area (Å²) in [4.78, 5) is 6.64. The standard InChI is InChI=1S/C16H21N3O/c20-12-15-7-4-8-18(15)11-16-9-17-13-19(16)10-14-5-2-1-3-6-14/h1-3,5-6,9,13,15,20H,4,7-8,10-12H2/t15-/m1/s1. The Labute approximate surface area is 119 Å². The zero-order chi connectivity index (χ0) is 13.8. The van der Waals surface area contributed by atoms with Crippen LogP contribution in [0.25, 0.3) is 0 Å². The van der Waals surface area contributed by atoms with Crippen LogP contribution in [0.15, 0.2) is 42.9 Å². The third kappa shape index (κ3) is 2.92. The van der Waals surface area contributed by atoms with Crippen LogP contribution in [0.1, 0.15) is 24.1 Å². The van der Waals surface area contributed by atoms with Gasteiger partial charge in [0, 0.05) is 25.3 Å². The van der Waals surface area contributed by atoms with Gasteiger partial charge in [0.05, 0.1) is 18.6 Å². The second-order valence-electron chi connectivity index (χ2n) is 5.45. The number of nitrogens with zero attached hydrogens (tertiary/aromatic N) is 3. The van der Waals surface area contributed by atoms with Gasteiger partial charge in [-0.25, -0.2) is 4.98 Å². The molecule has 1 fully saturated rings. The summed E-state index contributed by atoms with van der Waals surface area (Å²) in [7, 11) is 0. The van der Waals surface area contributed by atoms with Crippen molar-refractivity contribution in [2.75, 3.05) is 13.2 Å². The average Bonchev–Trinajstić information content (AvgIpc) is 3.10. The van der Waals surface area contributed by atoms with Gasteiger partial charge in [0.1, 0.15) is 0 Å². The van der Waals surface area contributed by atoms with Gasteiger partial charge in [-0.3, -0.25) is 4.90 Å². The summed E-state index contributed by atoms with van der Waals surface area (Å²) < 4.78 is 2.20. The van der Waals surface area contributed by atoms with Crippen LogP contribution in [-0.2, 0) is 13.1 Å². The summed E-state index contributed by atoms with van der Waals surface area (Å²) in [6.07, 6.45) is 6.11. The van der Waals surface area contributed by atoms with Crippen molar-refractivity contribution in [3.05, 3.63) is 54.1 Å². The second kappa shape index (κ2) is 6.20. The number of aromatic nitrogens is 2. The van der Waals surface area contributed by atoms with Crippen molar-refractivity contribution in [2.45, 2.75) is 32.0 Å². The van der Waals surface area contributed by atoms with Gasteiger partial charge in [-0.15, -0.1) is 0 Å².